The van der Waals surface area contributed by atoms with Gasteiger partial charge in [0, 0.05) is 11.8 Å². The summed E-state index contributed by atoms with van der Waals surface area (Å²) in [5.74, 6) is -0.335. The lowest BCUT2D eigenvalue weighted by molar-refractivity contribution is -0.146. The lowest BCUT2D eigenvalue weighted by Gasteiger charge is -2.63. The molecule has 4 rings (SSSR count). The number of halogens is 2. The van der Waals surface area contributed by atoms with E-state index in [2.05, 4.69) is 13.8 Å². The molecule has 3 unspecified atom stereocenters. The first-order valence-electron chi connectivity index (χ1n) is 10.5. The first-order chi connectivity index (χ1) is 13.5. The number of methoxy groups -OCH3 is 1. The SMILES string of the molecule is COC(=O)CC1[C@H](C)CC2C3C[C@H](F)C4=CC(=O)C=C[C@]4(C)[C@@]3(Cl)[C@@H](O)C[C@@]21C. The van der Waals surface area contributed by atoms with Crippen LogP contribution in [0.1, 0.15) is 46.5 Å². The minimum absolute atomic E-state index is 0.0575. The van der Waals surface area contributed by atoms with Crippen molar-refractivity contribution >= 4 is 23.4 Å². The second kappa shape index (κ2) is 6.65. The Kier molecular flexibility index (Phi) is 4.83. The molecule has 3 saturated carbocycles. The molecule has 160 valence electrons. The molecule has 3 fully saturated rings. The van der Waals surface area contributed by atoms with Crippen molar-refractivity contribution in [2.45, 2.75) is 63.6 Å². The maximum absolute atomic E-state index is 15.4. The van der Waals surface area contributed by atoms with Crippen LogP contribution in [-0.4, -0.2) is 41.1 Å². The van der Waals surface area contributed by atoms with Crippen molar-refractivity contribution < 1.29 is 23.8 Å². The van der Waals surface area contributed by atoms with Crippen molar-refractivity contribution in [1.82, 2.24) is 0 Å². The summed E-state index contributed by atoms with van der Waals surface area (Å²) in [5.41, 5.74) is -0.854. The molecule has 0 heterocycles. The van der Waals surface area contributed by atoms with Crippen LogP contribution in [0.5, 0.6) is 0 Å². The molecule has 4 aliphatic carbocycles. The number of aliphatic hydroxyl groups is 1. The predicted octanol–water partition coefficient (Wildman–Crippen LogP) is 4.00. The van der Waals surface area contributed by atoms with Crippen LogP contribution in [0.15, 0.2) is 23.8 Å². The van der Waals surface area contributed by atoms with Gasteiger partial charge in [-0.3, -0.25) is 9.59 Å². The van der Waals surface area contributed by atoms with E-state index >= 15 is 4.39 Å². The third kappa shape index (κ3) is 2.65. The van der Waals surface area contributed by atoms with Crippen LogP contribution < -0.4 is 0 Å². The Hall–Kier alpha value is -1.20. The van der Waals surface area contributed by atoms with Gasteiger partial charge in [0.15, 0.2) is 5.78 Å². The van der Waals surface area contributed by atoms with E-state index < -0.39 is 22.6 Å². The van der Waals surface area contributed by atoms with E-state index in [-0.39, 0.29) is 47.3 Å². The predicted molar refractivity (Wildman–Crippen MR) is 108 cm³/mol. The molecule has 0 bridgehead atoms. The molecule has 4 nitrogen and oxygen atoms in total. The van der Waals surface area contributed by atoms with Gasteiger partial charge < -0.3 is 9.84 Å². The standard InChI is InChI=1S/C23H30ClFO4/c1-12-7-15-16-9-18(25)17-8-13(26)5-6-22(17,3)23(16,24)19(27)11-21(15,2)14(12)10-20(28)29-4/h5-6,8,12,14-16,18-19,27H,7,9-11H2,1-4H3/t12-,14?,15?,16?,18+,19+,21-,22+,23+/m1/s1. The monoisotopic (exact) mass is 424 g/mol. The molecule has 0 aromatic heterocycles. The third-order valence-corrected chi connectivity index (χ3v) is 9.76. The normalized spacial score (nSPS) is 51.0. The minimum atomic E-state index is -1.27. The van der Waals surface area contributed by atoms with E-state index in [9.17, 15) is 14.7 Å². The molecule has 1 N–H and O–H groups in total. The zero-order chi connectivity index (χ0) is 21.4. The molecule has 0 amide bonds. The van der Waals surface area contributed by atoms with Gasteiger partial charge in [-0.05, 0) is 66.1 Å². The molecule has 6 heteroatoms. The largest absolute Gasteiger partial charge is 0.469 e. The maximum atomic E-state index is 15.4. The van der Waals surface area contributed by atoms with Gasteiger partial charge in [-0.2, -0.15) is 0 Å². The molecule has 0 aromatic rings. The Morgan fingerprint density at radius 1 is 1.34 bits per heavy atom. The number of hydrogen-bond donors (Lipinski definition) is 1. The van der Waals surface area contributed by atoms with Crippen LogP contribution in [0.4, 0.5) is 4.39 Å². The molecule has 29 heavy (non-hydrogen) atoms. The van der Waals surface area contributed by atoms with Crippen LogP contribution in [0.3, 0.4) is 0 Å². The van der Waals surface area contributed by atoms with Crippen LogP contribution in [-0.2, 0) is 14.3 Å². The van der Waals surface area contributed by atoms with Gasteiger partial charge in [0.1, 0.15) is 6.17 Å². The Morgan fingerprint density at radius 3 is 2.69 bits per heavy atom. The number of carbonyl (C=O) groups excluding carboxylic acids is 2. The molecule has 0 aliphatic heterocycles. The summed E-state index contributed by atoms with van der Waals surface area (Å²) < 4.78 is 20.3. The highest BCUT2D eigenvalue weighted by molar-refractivity contribution is 6.26. The highest BCUT2D eigenvalue weighted by atomic mass is 35.5. The fraction of sp³-hybridized carbons (Fsp3) is 0.739. The highest BCUT2D eigenvalue weighted by Crippen LogP contribution is 2.71. The summed E-state index contributed by atoms with van der Waals surface area (Å²) in [5, 5.41) is 11.4. The molecule has 0 spiro atoms. The molecular weight excluding hydrogens is 395 g/mol. The summed E-state index contributed by atoms with van der Waals surface area (Å²) in [6, 6.07) is 0. The van der Waals surface area contributed by atoms with Gasteiger partial charge in [-0.1, -0.05) is 26.8 Å². The number of carbonyl (C=O) groups is 2. The Morgan fingerprint density at radius 2 is 2.03 bits per heavy atom. The summed E-state index contributed by atoms with van der Waals surface area (Å²) in [7, 11) is 1.39. The van der Waals surface area contributed by atoms with Gasteiger partial charge in [0.2, 0.25) is 0 Å². The average Bonchev–Trinajstić information content (AvgIpc) is 2.90. The Bertz CT molecular complexity index is 809. The van der Waals surface area contributed by atoms with E-state index in [1.165, 1.54) is 19.3 Å². The Balaban J connectivity index is 1.78. The van der Waals surface area contributed by atoms with Crippen LogP contribution >= 0.6 is 11.6 Å². The number of ether oxygens (including phenoxy) is 1. The van der Waals surface area contributed by atoms with E-state index in [4.69, 9.17) is 16.3 Å². The van der Waals surface area contributed by atoms with Gasteiger partial charge in [0.05, 0.1) is 18.1 Å². The van der Waals surface area contributed by atoms with Crippen molar-refractivity contribution in [3.63, 3.8) is 0 Å². The molecular formula is C23H30ClFO4. The molecule has 0 radical (unpaired) electrons. The van der Waals surface area contributed by atoms with E-state index in [1.54, 1.807) is 6.08 Å². The van der Waals surface area contributed by atoms with Crippen molar-refractivity contribution in [1.29, 1.82) is 0 Å². The number of hydrogen-bond acceptors (Lipinski definition) is 4. The summed E-state index contributed by atoms with van der Waals surface area (Å²) in [6.07, 6.45) is 4.15. The minimum Gasteiger partial charge on any atom is -0.469 e. The first-order valence-corrected chi connectivity index (χ1v) is 10.9. The fourth-order valence-corrected chi connectivity index (χ4v) is 7.86. The number of fused-ring (bicyclic) bond motifs is 5. The number of alkyl halides is 2. The molecule has 4 aliphatic rings. The third-order valence-electron chi connectivity index (χ3n) is 8.84. The van der Waals surface area contributed by atoms with Gasteiger partial charge in [0.25, 0.3) is 0 Å². The quantitative estimate of drug-likeness (QED) is 0.537. The van der Waals surface area contributed by atoms with Crippen molar-refractivity contribution in [3.8, 4) is 0 Å². The van der Waals surface area contributed by atoms with Gasteiger partial charge in [-0.15, -0.1) is 11.6 Å². The van der Waals surface area contributed by atoms with Gasteiger partial charge >= 0.3 is 5.97 Å². The number of rotatable bonds is 2. The summed E-state index contributed by atoms with van der Waals surface area (Å²) >= 11 is 7.30. The highest BCUT2D eigenvalue weighted by Gasteiger charge is 2.71. The molecule has 0 saturated heterocycles. The van der Waals surface area contributed by atoms with Crippen molar-refractivity contribution in [3.05, 3.63) is 23.8 Å². The molecule has 0 aromatic carbocycles. The first kappa shape index (κ1) is 21.0. The number of aliphatic hydroxyl groups excluding tert-OH is 1. The number of ketones is 1. The average molecular weight is 425 g/mol. The smallest absolute Gasteiger partial charge is 0.305 e. The number of esters is 1. The van der Waals surface area contributed by atoms with Crippen LogP contribution in [0.25, 0.3) is 0 Å². The zero-order valence-corrected chi connectivity index (χ0v) is 18.2. The van der Waals surface area contributed by atoms with Crippen molar-refractivity contribution in [2.75, 3.05) is 7.11 Å². The molecule has 9 atom stereocenters. The van der Waals surface area contributed by atoms with E-state index in [0.29, 0.717) is 18.4 Å². The number of allylic oxidation sites excluding steroid dienone is 4. The maximum Gasteiger partial charge on any atom is 0.305 e. The summed E-state index contributed by atoms with van der Waals surface area (Å²) in [6.45, 7) is 6.10. The van der Waals surface area contributed by atoms with Gasteiger partial charge in [-0.25, -0.2) is 4.39 Å². The van der Waals surface area contributed by atoms with Crippen molar-refractivity contribution in [2.24, 2.45) is 34.5 Å². The van der Waals surface area contributed by atoms with Crippen LogP contribution in [0, 0.1) is 34.5 Å². The van der Waals surface area contributed by atoms with E-state index in [0.717, 1.165) is 6.42 Å². The summed E-state index contributed by atoms with van der Waals surface area (Å²) in [4.78, 5) is 22.9. The Labute approximate surface area is 176 Å². The van der Waals surface area contributed by atoms with E-state index in [1.807, 2.05) is 6.92 Å². The second-order valence-electron chi connectivity index (χ2n) is 10.0. The second-order valence-corrected chi connectivity index (χ2v) is 10.7. The fourth-order valence-electron chi connectivity index (χ4n) is 7.37. The zero-order valence-electron chi connectivity index (χ0n) is 17.5. The lowest BCUT2D eigenvalue weighted by Crippen LogP contribution is -2.67. The van der Waals surface area contributed by atoms with Crippen LogP contribution in [0.2, 0.25) is 0 Å². The lowest BCUT2D eigenvalue weighted by atomic mass is 9.46. The topological polar surface area (TPSA) is 63.6 Å².